The van der Waals surface area contributed by atoms with E-state index in [0.29, 0.717) is 17.1 Å². The fourth-order valence-corrected chi connectivity index (χ4v) is 2.81. The predicted octanol–water partition coefficient (Wildman–Crippen LogP) is 2.11. The van der Waals surface area contributed by atoms with E-state index in [0.717, 1.165) is 31.7 Å². The van der Waals surface area contributed by atoms with Crippen LogP contribution in [0.5, 0.6) is 5.75 Å². The molecule has 4 nitrogen and oxygen atoms in total. The van der Waals surface area contributed by atoms with Gasteiger partial charge < -0.3 is 15.5 Å². The molecular weight excluding hydrogens is 276 g/mol. The molecule has 0 saturated carbocycles. The minimum atomic E-state index is -0.718. The second-order valence-corrected chi connectivity index (χ2v) is 6.09. The Morgan fingerprint density at radius 1 is 1.25 bits per heavy atom. The Morgan fingerprint density at radius 3 is 2.45 bits per heavy atom. The summed E-state index contributed by atoms with van der Waals surface area (Å²) in [5, 5.41) is 24.6. The molecule has 5 heteroatoms. The van der Waals surface area contributed by atoms with Crippen molar-refractivity contribution in [1.82, 2.24) is 10.2 Å². The number of hydrogen-bond acceptors (Lipinski definition) is 4. The third kappa shape index (κ3) is 3.64. The number of benzene rings is 1. The van der Waals surface area contributed by atoms with Gasteiger partial charge in [0.1, 0.15) is 5.75 Å². The van der Waals surface area contributed by atoms with Gasteiger partial charge in [0.15, 0.2) is 0 Å². The number of nitrogens with one attached hydrogen (secondary N) is 1. The van der Waals surface area contributed by atoms with Crippen molar-refractivity contribution in [3.63, 3.8) is 0 Å². The molecule has 1 aromatic rings. The smallest absolute Gasteiger partial charge is 0.124 e. The number of phenolic OH excluding ortho intramolecular Hbond substituents is 1. The van der Waals surface area contributed by atoms with Crippen LogP contribution >= 0.6 is 11.6 Å². The lowest BCUT2D eigenvalue weighted by atomic mass is 9.96. The number of nitrogens with zero attached hydrogens (tertiary/aromatic N) is 1. The number of aliphatic hydroxyl groups excluding tert-OH is 1. The number of aliphatic hydroxyl groups is 1. The molecule has 1 aliphatic rings. The quantitative estimate of drug-likeness (QED) is 0.797. The highest BCUT2D eigenvalue weighted by molar-refractivity contribution is 6.30. The standard InChI is InChI=1S/C15H23ClN2O2/c1-10(2)12-7-11(16)8-13(15(12)20)14(19)9-18-5-3-17-4-6-18/h7-8,10,14,17,19-20H,3-6,9H2,1-2H3. The summed E-state index contributed by atoms with van der Waals surface area (Å²) in [6.45, 7) is 8.21. The van der Waals surface area contributed by atoms with E-state index < -0.39 is 6.10 Å². The fourth-order valence-electron chi connectivity index (χ4n) is 2.57. The van der Waals surface area contributed by atoms with Crippen LogP contribution in [0.4, 0.5) is 0 Å². The van der Waals surface area contributed by atoms with Crippen molar-refractivity contribution in [2.45, 2.75) is 25.9 Å². The Bertz CT molecular complexity index is 459. The van der Waals surface area contributed by atoms with Crippen molar-refractivity contribution < 1.29 is 10.2 Å². The molecule has 0 radical (unpaired) electrons. The van der Waals surface area contributed by atoms with Crippen LogP contribution in [0.25, 0.3) is 0 Å². The Morgan fingerprint density at radius 2 is 1.85 bits per heavy atom. The Balaban J connectivity index is 2.18. The van der Waals surface area contributed by atoms with Crippen LogP contribution in [0.15, 0.2) is 12.1 Å². The van der Waals surface area contributed by atoms with Crippen LogP contribution in [-0.2, 0) is 0 Å². The fraction of sp³-hybridized carbons (Fsp3) is 0.600. The van der Waals surface area contributed by atoms with Gasteiger partial charge in [-0.1, -0.05) is 25.4 Å². The maximum atomic E-state index is 10.4. The van der Waals surface area contributed by atoms with Crippen molar-refractivity contribution in [1.29, 1.82) is 0 Å². The van der Waals surface area contributed by atoms with Gasteiger partial charge >= 0.3 is 0 Å². The molecule has 0 amide bonds. The molecule has 1 heterocycles. The number of aromatic hydroxyl groups is 1. The number of phenols is 1. The highest BCUT2D eigenvalue weighted by Gasteiger charge is 2.21. The number of rotatable bonds is 4. The summed E-state index contributed by atoms with van der Waals surface area (Å²) in [6.07, 6.45) is -0.718. The average molecular weight is 299 g/mol. The molecule has 3 N–H and O–H groups in total. The van der Waals surface area contributed by atoms with Gasteiger partial charge in [-0.15, -0.1) is 0 Å². The summed E-state index contributed by atoms with van der Waals surface area (Å²) in [7, 11) is 0. The van der Waals surface area contributed by atoms with E-state index in [2.05, 4.69) is 10.2 Å². The van der Waals surface area contributed by atoms with Gasteiger partial charge in [0.2, 0.25) is 0 Å². The summed E-state index contributed by atoms with van der Waals surface area (Å²) in [6, 6.07) is 3.43. The Hall–Kier alpha value is -0.810. The predicted molar refractivity (Wildman–Crippen MR) is 81.5 cm³/mol. The van der Waals surface area contributed by atoms with E-state index in [-0.39, 0.29) is 11.7 Å². The zero-order chi connectivity index (χ0) is 14.7. The van der Waals surface area contributed by atoms with Crippen molar-refractivity contribution >= 4 is 11.6 Å². The minimum Gasteiger partial charge on any atom is -0.507 e. The van der Waals surface area contributed by atoms with E-state index in [1.807, 2.05) is 13.8 Å². The zero-order valence-electron chi connectivity index (χ0n) is 12.1. The van der Waals surface area contributed by atoms with Crippen LogP contribution in [0.1, 0.15) is 37.0 Å². The summed E-state index contributed by atoms with van der Waals surface area (Å²) in [5.74, 6) is 0.339. The molecule has 1 atom stereocenters. The normalized spacial score (nSPS) is 18.4. The monoisotopic (exact) mass is 298 g/mol. The molecule has 112 valence electrons. The second-order valence-electron chi connectivity index (χ2n) is 5.65. The van der Waals surface area contributed by atoms with Gasteiger partial charge in [-0.3, -0.25) is 4.90 Å². The lowest BCUT2D eigenvalue weighted by Crippen LogP contribution is -2.44. The molecule has 0 aliphatic carbocycles. The number of halogens is 1. The summed E-state index contributed by atoms with van der Waals surface area (Å²) >= 11 is 6.11. The van der Waals surface area contributed by atoms with E-state index >= 15 is 0 Å². The summed E-state index contributed by atoms with van der Waals surface area (Å²) in [4.78, 5) is 2.19. The van der Waals surface area contributed by atoms with Crippen molar-refractivity contribution in [3.05, 3.63) is 28.3 Å². The zero-order valence-corrected chi connectivity index (χ0v) is 12.8. The maximum Gasteiger partial charge on any atom is 0.124 e. The third-order valence-electron chi connectivity index (χ3n) is 3.76. The summed E-state index contributed by atoms with van der Waals surface area (Å²) < 4.78 is 0. The lowest BCUT2D eigenvalue weighted by molar-refractivity contribution is 0.103. The van der Waals surface area contributed by atoms with Crippen LogP contribution < -0.4 is 5.32 Å². The van der Waals surface area contributed by atoms with Crippen molar-refractivity contribution in [2.24, 2.45) is 0 Å². The second kappa shape index (κ2) is 6.76. The molecule has 0 aromatic heterocycles. The van der Waals surface area contributed by atoms with Crippen LogP contribution in [0.2, 0.25) is 5.02 Å². The van der Waals surface area contributed by atoms with Crippen LogP contribution in [0, 0.1) is 0 Å². The molecule has 2 rings (SSSR count). The van der Waals surface area contributed by atoms with E-state index in [1.165, 1.54) is 0 Å². The topological polar surface area (TPSA) is 55.7 Å². The Kier molecular flexibility index (Phi) is 5.27. The minimum absolute atomic E-state index is 0.166. The molecular formula is C15H23ClN2O2. The number of piperazine rings is 1. The summed E-state index contributed by atoms with van der Waals surface area (Å²) in [5.41, 5.74) is 1.31. The highest BCUT2D eigenvalue weighted by atomic mass is 35.5. The Labute approximate surface area is 125 Å². The van der Waals surface area contributed by atoms with Gasteiger partial charge in [0, 0.05) is 43.3 Å². The molecule has 0 bridgehead atoms. The molecule has 1 aromatic carbocycles. The average Bonchev–Trinajstić information content (AvgIpc) is 2.41. The van der Waals surface area contributed by atoms with Crippen molar-refractivity contribution in [2.75, 3.05) is 32.7 Å². The number of β-amino-alcohol motifs (C(OH)–C–C–N with tert-alkyl or cyclic N) is 1. The highest BCUT2D eigenvalue weighted by Crippen LogP contribution is 2.35. The first-order valence-corrected chi connectivity index (χ1v) is 7.50. The number of hydrogen-bond donors (Lipinski definition) is 3. The molecule has 20 heavy (non-hydrogen) atoms. The van der Waals surface area contributed by atoms with Crippen molar-refractivity contribution in [3.8, 4) is 5.75 Å². The SMILES string of the molecule is CC(C)c1cc(Cl)cc(C(O)CN2CCNCC2)c1O. The van der Waals surface area contributed by atoms with Gasteiger partial charge in [0.05, 0.1) is 6.10 Å². The lowest BCUT2D eigenvalue weighted by Gasteiger charge is -2.29. The first kappa shape index (κ1) is 15.6. The maximum absolute atomic E-state index is 10.4. The van der Waals surface area contributed by atoms with Gasteiger partial charge in [-0.05, 0) is 23.6 Å². The first-order chi connectivity index (χ1) is 9.49. The molecule has 1 saturated heterocycles. The van der Waals surface area contributed by atoms with Crippen LogP contribution in [-0.4, -0.2) is 47.8 Å². The molecule has 1 fully saturated rings. The van der Waals surface area contributed by atoms with Gasteiger partial charge in [-0.2, -0.15) is 0 Å². The molecule has 0 spiro atoms. The van der Waals surface area contributed by atoms with Gasteiger partial charge in [0.25, 0.3) is 0 Å². The third-order valence-corrected chi connectivity index (χ3v) is 3.97. The molecule has 1 aliphatic heterocycles. The largest absolute Gasteiger partial charge is 0.507 e. The first-order valence-electron chi connectivity index (χ1n) is 7.12. The van der Waals surface area contributed by atoms with E-state index in [1.54, 1.807) is 12.1 Å². The van der Waals surface area contributed by atoms with E-state index in [9.17, 15) is 10.2 Å². The van der Waals surface area contributed by atoms with Gasteiger partial charge in [-0.25, -0.2) is 0 Å². The van der Waals surface area contributed by atoms with E-state index in [4.69, 9.17) is 11.6 Å². The van der Waals surface area contributed by atoms with Crippen LogP contribution in [0.3, 0.4) is 0 Å². The molecule has 1 unspecified atom stereocenters.